The fraction of sp³-hybridized carbons (Fsp3) is 0.800. The molecule has 0 aliphatic heterocycles. The molecular weight excluding hydrogens is 244 g/mol. The van der Waals surface area contributed by atoms with Crippen LogP contribution < -0.4 is 0 Å². The third kappa shape index (κ3) is 2.20. The van der Waals surface area contributed by atoms with Crippen LogP contribution in [0.25, 0.3) is 0 Å². The topological polar surface area (TPSA) is 17.8 Å². The molecule has 3 atom stereocenters. The van der Waals surface area contributed by atoms with Crippen LogP contribution in [0.1, 0.15) is 51.3 Å². The third-order valence-corrected chi connectivity index (χ3v) is 5.57. The highest BCUT2D eigenvalue weighted by Crippen LogP contribution is 2.61. The van der Waals surface area contributed by atoms with Gasteiger partial charge in [-0.1, -0.05) is 6.92 Å². The molecule has 3 unspecified atom stereocenters. The van der Waals surface area contributed by atoms with E-state index < -0.39 is 0 Å². The van der Waals surface area contributed by atoms with E-state index >= 15 is 0 Å². The van der Waals surface area contributed by atoms with Crippen molar-refractivity contribution < 1.29 is 0 Å². The maximum Gasteiger partial charge on any atom is 0.0630 e. The molecular formula is C15H23ClN2. The van der Waals surface area contributed by atoms with Crippen molar-refractivity contribution in [2.24, 2.45) is 17.3 Å². The summed E-state index contributed by atoms with van der Waals surface area (Å²) in [6.45, 7) is 4.43. The van der Waals surface area contributed by atoms with Crippen LogP contribution in [0.5, 0.6) is 0 Å². The van der Waals surface area contributed by atoms with Crippen LogP contribution in [-0.4, -0.2) is 15.7 Å². The van der Waals surface area contributed by atoms with Gasteiger partial charge in [0, 0.05) is 18.1 Å². The van der Waals surface area contributed by atoms with E-state index in [1.54, 1.807) is 0 Å². The van der Waals surface area contributed by atoms with E-state index in [1.807, 2.05) is 0 Å². The molecule has 2 aliphatic rings. The molecule has 0 saturated heterocycles. The minimum atomic E-state index is 0.351. The van der Waals surface area contributed by atoms with E-state index in [0.717, 1.165) is 30.6 Å². The van der Waals surface area contributed by atoms with Gasteiger partial charge in [0.1, 0.15) is 0 Å². The predicted molar refractivity (Wildman–Crippen MR) is 74.9 cm³/mol. The first-order chi connectivity index (χ1) is 8.65. The average Bonchev–Trinajstić information content (AvgIpc) is 2.81. The molecule has 2 aliphatic carbocycles. The average molecular weight is 267 g/mol. The van der Waals surface area contributed by atoms with Crippen molar-refractivity contribution in [1.29, 1.82) is 0 Å². The van der Waals surface area contributed by atoms with Gasteiger partial charge in [0.15, 0.2) is 0 Å². The lowest BCUT2D eigenvalue weighted by Crippen LogP contribution is -2.24. The van der Waals surface area contributed by atoms with Gasteiger partial charge >= 0.3 is 0 Å². The van der Waals surface area contributed by atoms with E-state index in [0.29, 0.717) is 11.5 Å². The third-order valence-electron chi connectivity index (χ3n) is 5.01. The Kier molecular flexibility index (Phi) is 3.17. The lowest BCUT2D eigenvalue weighted by Gasteiger charge is -2.27. The van der Waals surface area contributed by atoms with Crippen molar-refractivity contribution in [1.82, 2.24) is 9.78 Å². The van der Waals surface area contributed by atoms with Crippen LogP contribution >= 0.6 is 11.6 Å². The quantitative estimate of drug-likeness (QED) is 0.735. The first-order valence-corrected chi connectivity index (χ1v) is 7.79. The summed E-state index contributed by atoms with van der Waals surface area (Å²) in [7, 11) is 0. The van der Waals surface area contributed by atoms with Gasteiger partial charge < -0.3 is 0 Å². The molecule has 2 saturated carbocycles. The van der Waals surface area contributed by atoms with Crippen LogP contribution in [0.3, 0.4) is 0 Å². The van der Waals surface area contributed by atoms with Crippen molar-refractivity contribution in [3.05, 3.63) is 18.0 Å². The second-order valence-electron chi connectivity index (χ2n) is 6.52. The molecule has 18 heavy (non-hydrogen) atoms. The predicted octanol–water partition coefficient (Wildman–Crippen LogP) is 4.05. The van der Waals surface area contributed by atoms with E-state index in [2.05, 4.69) is 30.8 Å². The smallest absolute Gasteiger partial charge is 0.0630 e. The Morgan fingerprint density at radius 3 is 2.83 bits per heavy atom. The van der Waals surface area contributed by atoms with Gasteiger partial charge in [-0.05, 0) is 62.3 Å². The van der Waals surface area contributed by atoms with Gasteiger partial charge in [0.05, 0.1) is 5.69 Å². The molecule has 0 N–H and O–H groups in total. The standard InChI is InChI=1S/C15H23ClN2/c1-3-11(2)18-5-4-14(17-18)9-15(10-16)7-12-6-13(12)8-15/h4-5,11-13H,3,6-10H2,1-2H3. The van der Waals surface area contributed by atoms with Crippen LogP contribution in [0.15, 0.2) is 12.3 Å². The van der Waals surface area contributed by atoms with Crippen LogP contribution in [-0.2, 0) is 6.42 Å². The molecule has 1 heterocycles. The lowest BCUT2D eigenvalue weighted by atomic mass is 9.81. The summed E-state index contributed by atoms with van der Waals surface area (Å²) in [5, 5.41) is 4.74. The van der Waals surface area contributed by atoms with E-state index in [4.69, 9.17) is 16.7 Å². The highest BCUT2D eigenvalue weighted by molar-refractivity contribution is 6.18. The number of alkyl halides is 1. The lowest BCUT2D eigenvalue weighted by molar-refractivity contribution is 0.298. The van der Waals surface area contributed by atoms with Crippen molar-refractivity contribution >= 4 is 11.6 Å². The monoisotopic (exact) mass is 266 g/mol. The highest BCUT2D eigenvalue weighted by atomic mass is 35.5. The molecule has 2 nitrogen and oxygen atoms in total. The van der Waals surface area contributed by atoms with Gasteiger partial charge in [-0.15, -0.1) is 11.6 Å². The molecule has 0 aromatic carbocycles. The summed E-state index contributed by atoms with van der Waals surface area (Å²) >= 11 is 6.26. The Hall–Kier alpha value is -0.500. The molecule has 2 fully saturated rings. The Balaban J connectivity index is 1.69. The largest absolute Gasteiger partial charge is 0.270 e. The molecule has 1 aromatic rings. The van der Waals surface area contributed by atoms with Crippen LogP contribution in [0, 0.1) is 17.3 Å². The normalized spacial score (nSPS) is 35.5. The van der Waals surface area contributed by atoms with Crippen molar-refractivity contribution in [2.45, 2.75) is 52.0 Å². The second-order valence-corrected chi connectivity index (χ2v) is 6.79. The van der Waals surface area contributed by atoms with Gasteiger partial charge in [-0.25, -0.2) is 0 Å². The van der Waals surface area contributed by atoms with Gasteiger partial charge in [0.25, 0.3) is 0 Å². The number of rotatable bonds is 5. The number of nitrogens with zero attached hydrogens (tertiary/aromatic N) is 2. The number of aromatic nitrogens is 2. The minimum Gasteiger partial charge on any atom is -0.270 e. The maximum absolute atomic E-state index is 6.26. The van der Waals surface area contributed by atoms with Gasteiger partial charge in [0.2, 0.25) is 0 Å². The SMILES string of the molecule is CCC(C)n1ccc(CC2(CCl)CC3CC3C2)n1. The first-order valence-electron chi connectivity index (χ1n) is 7.26. The zero-order valence-electron chi connectivity index (χ0n) is 11.4. The summed E-state index contributed by atoms with van der Waals surface area (Å²) in [5.74, 6) is 2.77. The molecule has 0 radical (unpaired) electrons. The zero-order chi connectivity index (χ0) is 12.8. The number of halogens is 1. The van der Waals surface area contributed by atoms with E-state index in [9.17, 15) is 0 Å². The highest BCUT2D eigenvalue weighted by Gasteiger charge is 2.53. The Bertz CT molecular complexity index is 416. The minimum absolute atomic E-state index is 0.351. The Morgan fingerprint density at radius 2 is 2.22 bits per heavy atom. The summed E-state index contributed by atoms with van der Waals surface area (Å²) in [6, 6.07) is 2.69. The second kappa shape index (κ2) is 4.56. The molecule has 1 aromatic heterocycles. The van der Waals surface area contributed by atoms with Gasteiger partial charge in [-0.3, -0.25) is 4.68 Å². The summed E-state index contributed by atoms with van der Waals surface area (Å²) in [5.41, 5.74) is 1.58. The summed E-state index contributed by atoms with van der Waals surface area (Å²) in [6.07, 6.45) is 8.45. The summed E-state index contributed by atoms with van der Waals surface area (Å²) in [4.78, 5) is 0. The molecule has 0 amide bonds. The molecule has 3 heteroatoms. The fourth-order valence-electron chi connectivity index (χ4n) is 3.60. The first kappa shape index (κ1) is 12.5. The number of hydrogen-bond donors (Lipinski definition) is 0. The van der Waals surface area contributed by atoms with Crippen molar-refractivity contribution in [3.8, 4) is 0 Å². The van der Waals surface area contributed by atoms with Crippen LogP contribution in [0.4, 0.5) is 0 Å². The summed E-state index contributed by atoms with van der Waals surface area (Å²) < 4.78 is 2.10. The molecule has 0 spiro atoms. The molecule has 3 rings (SSSR count). The zero-order valence-corrected chi connectivity index (χ0v) is 12.2. The molecule has 100 valence electrons. The van der Waals surface area contributed by atoms with Crippen molar-refractivity contribution in [3.63, 3.8) is 0 Å². The van der Waals surface area contributed by atoms with E-state index in [1.165, 1.54) is 25.0 Å². The number of fused-ring (bicyclic) bond motifs is 1. The maximum atomic E-state index is 6.26. The fourth-order valence-corrected chi connectivity index (χ4v) is 3.91. The van der Waals surface area contributed by atoms with Crippen LogP contribution in [0.2, 0.25) is 0 Å². The van der Waals surface area contributed by atoms with Crippen molar-refractivity contribution in [2.75, 3.05) is 5.88 Å². The molecule has 0 bridgehead atoms. The Morgan fingerprint density at radius 1 is 1.50 bits per heavy atom. The van der Waals surface area contributed by atoms with E-state index in [-0.39, 0.29) is 0 Å². The van der Waals surface area contributed by atoms with Gasteiger partial charge in [-0.2, -0.15) is 5.10 Å². The Labute approximate surface area is 115 Å². The number of hydrogen-bond acceptors (Lipinski definition) is 1.